The van der Waals surface area contributed by atoms with Crippen LogP contribution in [0.4, 0.5) is 0 Å². The van der Waals surface area contributed by atoms with Gasteiger partial charge in [0.25, 0.3) is 0 Å². The quantitative estimate of drug-likeness (QED) is 0.596. The molecule has 0 heterocycles. The Morgan fingerprint density at radius 1 is 1.62 bits per heavy atom. The second-order valence-corrected chi connectivity index (χ2v) is 3.90. The third-order valence-corrected chi connectivity index (χ3v) is 2.53. The molecule has 0 aromatic heterocycles. The molecule has 0 unspecified atom stereocenters. The standard InChI is InChI=1S/C11H19N3O2/c1-16-8-6-13-9-11(15)14(7-2-5-12)10-3-4-10/h10,13H,2-4,6-9H2,1H3. The lowest BCUT2D eigenvalue weighted by Gasteiger charge is -2.21. The Morgan fingerprint density at radius 3 is 2.94 bits per heavy atom. The van der Waals surface area contributed by atoms with Crippen LogP contribution in [0, 0.1) is 11.3 Å². The minimum Gasteiger partial charge on any atom is -0.383 e. The van der Waals surface area contributed by atoms with Gasteiger partial charge in [-0.1, -0.05) is 0 Å². The molecule has 0 radical (unpaired) electrons. The summed E-state index contributed by atoms with van der Waals surface area (Å²) in [6.45, 7) is 2.19. The maximum atomic E-state index is 11.8. The van der Waals surface area contributed by atoms with Gasteiger partial charge in [0.15, 0.2) is 0 Å². The van der Waals surface area contributed by atoms with Crippen LogP contribution in [0.3, 0.4) is 0 Å². The average Bonchev–Trinajstić information content (AvgIpc) is 3.09. The smallest absolute Gasteiger partial charge is 0.236 e. The average molecular weight is 225 g/mol. The lowest BCUT2D eigenvalue weighted by atomic mass is 10.3. The van der Waals surface area contributed by atoms with Crippen molar-refractivity contribution >= 4 is 5.91 Å². The SMILES string of the molecule is COCCNCC(=O)N(CCC#N)C1CC1. The van der Waals surface area contributed by atoms with Crippen LogP contribution in [-0.2, 0) is 9.53 Å². The molecule has 0 aromatic rings. The Balaban J connectivity index is 2.22. The number of ether oxygens (including phenoxy) is 1. The van der Waals surface area contributed by atoms with Crippen molar-refractivity contribution in [3.63, 3.8) is 0 Å². The van der Waals surface area contributed by atoms with E-state index in [9.17, 15) is 4.79 Å². The first-order chi connectivity index (χ1) is 7.79. The number of nitriles is 1. The molecule has 5 heteroatoms. The molecule has 1 aliphatic carbocycles. The molecule has 16 heavy (non-hydrogen) atoms. The van der Waals surface area contributed by atoms with Crippen LogP contribution in [0.1, 0.15) is 19.3 Å². The molecule has 5 nitrogen and oxygen atoms in total. The third kappa shape index (κ3) is 4.60. The van der Waals surface area contributed by atoms with Crippen molar-refractivity contribution in [1.82, 2.24) is 10.2 Å². The van der Waals surface area contributed by atoms with Crippen LogP contribution in [0.25, 0.3) is 0 Å². The van der Waals surface area contributed by atoms with Crippen molar-refractivity contribution in [2.45, 2.75) is 25.3 Å². The first-order valence-electron chi connectivity index (χ1n) is 5.65. The largest absolute Gasteiger partial charge is 0.383 e. The summed E-state index contributed by atoms with van der Waals surface area (Å²) in [6.07, 6.45) is 2.57. The first kappa shape index (κ1) is 12.9. The van der Waals surface area contributed by atoms with Gasteiger partial charge in [0, 0.05) is 26.2 Å². The van der Waals surface area contributed by atoms with Crippen molar-refractivity contribution in [2.75, 3.05) is 33.4 Å². The fraction of sp³-hybridized carbons (Fsp3) is 0.818. The number of hydrogen-bond acceptors (Lipinski definition) is 4. The minimum atomic E-state index is 0.0915. The van der Waals surface area contributed by atoms with Gasteiger partial charge in [-0.15, -0.1) is 0 Å². The van der Waals surface area contributed by atoms with Crippen molar-refractivity contribution in [3.05, 3.63) is 0 Å². The first-order valence-corrected chi connectivity index (χ1v) is 5.65. The molecular formula is C11H19N3O2. The zero-order valence-corrected chi connectivity index (χ0v) is 9.74. The predicted molar refractivity (Wildman–Crippen MR) is 59.7 cm³/mol. The number of rotatable bonds is 8. The Bertz CT molecular complexity index is 258. The van der Waals surface area contributed by atoms with Gasteiger partial charge in [-0.05, 0) is 12.8 Å². The van der Waals surface area contributed by atoms with E-state index in [0.29, 0.717) is 38.7 Å². The van der Waals surface area contributed by atoms with Crippen LogP contribution in [0.5, 0.6) is 0 Å². The normalized spacial score (nSPS) is 14.5. The number of carbonyl (C=O) groups is 1. The zero-order valence-electron chi connectivity index (χ0n) is 9.74. The maximum Gasteiger partial charge on any atom is 0.236 e. The Hall–Kier alpha value is -1.12. The van der Waals surface area contributed by atoms with Crippen LogP contribution in [0.15, 0.2) is 0 Å². The molecule has 0 saturated heterocycles. The number of hydrogen-bond donors (Lipinski definition) is 1. The number of methoxy groups -OCH3 is 1. The van der Waals surface area contributed by atoms with Gasteiger partial charge < -0.3 is 15.0 Å². The summed E-state index contributed by atoms with van der Waals surface area (Å²) in [4.78, 5) is 13.6. The highest BCUT2D eigenvalue weighted by molar-refractivity contribution is 5.78. The van der Waals surface area contributed by atoms with Crippen molar-refractivity contribution in [1.29, 1.82) is 5.26 Å². The minimum absolute atomic E-state index is 0.0915. The molecule has 90 valence electrons. The van der Waals surface area contributed by atoms with Crippen LogP contribution in [-0.4, -0.2) is 50.2 Å². The van der Waals surface area contributed by atoms with Gasteiger partial charge >= 0.3 is 0 Å². The van der Waals surface area contributed by atoms with Gasteiger partial charge in [-0.3, -0.25) is 4.79 Å². The maximum absolute atomic E-state index is 11.8. The number of nitrogens with zero attached hydrogens (tertiary/aromatic N) is 2. The summed E-state index contributed by atoms with van der Waals surface area (Å²) in [5.41, 5.74) is 0. The highest BCUT2D eigenvalue weighted by Gasteiger charge is 2.31. The third-order valence-electron chi connectivity index (χ3n) is 2.53. The molecule has 1 rings (SSSR count). The van der Waals surface area contributed by atoms with Crippen LogP contribution < -0.4 is 5.32 Å². The van der Waals surface area contributed by atoms with Gasteiger partial charge in [-0.2, -0.15) is 5.26 Å². The number of amides is 1. The van der Waals surface area contributed by atoms with E-state index < -0.39 is 0 Å². The Labute approximate surface area is 96.4 Å². The predicted octanol–water partition coefficient (Wildman–Crippen LogP) is 0.127. The Morgan fingerprint density at radius 2 is 2.38 bits per heavy atom. The van der Waals surface area contributed by atoms with Gasteiger partial charge in [0.1, 0.15) is 0 Å². The summed E-state index contributed by atoms with van der Waals surface area (Å²) < 4.78 is 4.88. The fourth-order valence-corrected chi connectivity index (χ4v) is 1.54. The van der Waals surface area contributed by atoms with Gasteiger partial charge in [-0.25, -0.2) is 0 Å². The van der Waals surface area contributed by atoms with E-state index >= 15 is 0 Å². The molecule has 1 fully saturated rings. The zero-order chi connectivity index (χ0) is 11.8. The molecular weight excluding hydrogens is 206 g/mol. The van der Waals surface area contributed by atoms with Crippen LogP contribution in [0.2, 0.25) is 0 Å². The second-order valence-electron chi connectivity index (χ2n) is 3.90. The lowest BCUT2D eigenvalue weighted by Crippen LogP contribution is -2.40. The van der Waals surface area contributed by atoms with E-state index in [-0.39, 0.29) is 5.91 Å². The molecule has 0 bridgehead atoms. The summed E-state index contributed by atoms with van der Waals surface area (Å²) in [5, 5.41) is 11.6. The van der Waals surface area contributed by atoms with E-state index in [0.717, 1.165) is 12.8 Å². The molecule has 0 atom stereocenters. The topological polar surface area (TPSA) is 65.4 Å². The van der Waals surface area contributed by atoms with E-state index in [1.165, 1.54) is 0 Å². The number of carbonyl (C=O) groups excluding carboxylic acids is 1. The van der Waals surface area contributed by atoms with Gasteiger partial charge in [0.2, 0.25) is 5.91 Å². The summed E-state index contributed by atoms with van der Waals surface area (Å²) in [7, 11) is 1.63. The van der Waals surface area contributed by atoms with Crippen molar-refractivity contribution < 1.29 is 9.53 Å². The van der Waals surface area contributed by atoms with E-state index in [1.54, 1.807) is 7.11 Å². The van der Waals surface area contributed by atoms with E-state index in [2.05, 4.69) is 11.4 Å². The lowest BCUT2D eigenvalue weighted by molar-refractivity contribution is -0.130. The molecule has 1 amide bonds. The number of nitrogens with one attached hydrogen (secondary N) is 1. The van der Waals surface area contributed by atoms with Gasteiger partial charge in [0.05, 0.1) is 25.6 Å². The summed E-state index contributed by atoms with van der Waals surface area (Å²) in [5.74, 6) is 0.0915. The van der Waals surface area contributed by atoms with E-state index in [4.69, 9.17) is 10.00 Å². The van der Waals surface area contributed by atoms with Crippen molar-refractivity contribution in [3.8, 4) is 6.07 Å². The molecule has 0 aromatic carbocycles. The molecule has 1 saturated carbocycles. The van der Waals surface area contributed by atoms with E-state index in [1.807, 2.05) is 4.90 Å². The Kier molecular flexibility index (Phi) is 5.83. The highest BCUT2D eigenvalue weighted by Crippen LogP contribution is 2.26. The van der Waals surface area contributed by atoms with Crippen molar-refractivity contribution in [2.24, 2.45) is 0 Å². The summed E-state index contributed by atoms with van der Waals surface area (Å²) >= 11 is 0. The molecule has 1 N–H and O–H groups in total. The fourth-order valence-electron chi connectivity index (χ4n) is 1.54. The highest BCUT2D eigenvalue weighted by atomic mass is 16.5. The second kappa shape index (κ2) is 7.20. The molecule has 0 aliphatic heterocycles. The molecule has 1 aliphatic rings. The van der Waals surface area contributed by atoms with Crippen LogP contribution >= 0.6 is 0 Å². The monoisotopic (exact) mass is 225 g/mol. The molecule has 0 spiro atoms. The summed E-state index contributed by atoms with van der Waals surface area (Å²) in [6, 6.07) is 2.46.